The lowest BCUT2D eigenvalue weighted by molar-refractivity contribution is 0.294. The summed E-state index contributed by atoms with van der Waals surface area (Å²) in [6.07, 6.45) is 1.88. The van der Waals surface area contributed by atoms with Gasteiger partial charge >= 0.3 is 0 Å². The lowest BCUT2D eigenvalue weighted by atomic mass is 10.3. The first-order valence-corrected chi connectivity index (χ1v) is 9.32. The van der Waals surface area contributed by atoms with Crippen molar-refractivity contribution in [3.8, 4) is 0 Å². The highest BCUT2D eigenvalue weighted by molar-refractivity contribution is 7.91. The number of nitrogens with one attached hydrogen (secondary N) is 1. The summed E-state index contributed by atoms with van der Waals surface area (Å²) in [4.78, 5) is 10.9. The topological polar surface area (TPSA) is 75.2 Å². The molecule has 0 aromatic carbocycles. The fourth-order valence-corrected chi connectivity index (χ4v) is 3.67. The molecule has 0 bridgehead atoms. The molecule has 1 N–H and O–H groups in total. The van der Waals surface area contributed by atoms with Crippen molar-refractivity contribution in [2.24, 2.45) is 0 Å². The van der Waals surface area contributed by atoms with Crippen molar-refractivity contribution in [1.29, 1.82) is 0 Å². The number of aryl methyl sites for hydroxylation is 2. The number of anilines is 1. The van der Waals surface area contributed by atoms with Crippen LogP contribution < -0.4 is 5.32 Å². The molecule has 1 saturated heterocycles. The van der Waals surface area contributed by atoms with Crippen LogP contribution in [0.2, 0.25) is 0 Å². The van der Waals surface area contributed by atoms with Gasteiger partial charge in [-0.15, -0.1) is 0 Å². The molecule has 0 aliphatic carbocycles. The van der Waals surface area contributed by atoms with E-state index < -0.39 is 9.84 Å². The molecule has 0 amide bonds. The van der Waals surface area contributed by atoms with Gasteiger partial charge in [-0.05, 0) is 26.3 Å². The maximum Gasteiger partial charge on any atom is 0.152 e. The predicted octanol–water partition coefficient (Wildman–Crippen LogP) is 0.880. The Hall–Kier alpha value is -1.21. The molecule has 0 unspecified atom stereocenters. The number of hydrogen-bond acceptors (Lipinski definition) is 6. The van der Waals surface area contributed by atoms with Crippen molar-refractivity contribution in [3.05, 3.63) is 17.6 Å². The number of sulfone groups is 1. The lowest BCUT2D eigenvalue weighted by Crippen LogP contribution is -2.41. The first-order valence-electron chi connectivity index (χ1n) is 7.50. The summed E-state index contributed by atoms with van der Waals surface area (Å²) < 4.78 is 22.7. The smallest absolute Gasteiger partial charge is 0.152 e. The third-order valence-electron chi connectivity index (χ3n) is 3.65. The third kappa shape index (κ3) is 5.24. The minimum absolute atomic E-state index is 0.297. The second kappa shape index (κ2) is 7.17. The maximum atomic E-state index is 11.4. The zero-order chi connectivity index (χ0) is 15.3. The van der Waals surface area contributed by atoms with E-state index in [4.69, 9.17) is 0 Å². The zero-order valence-corrected chi connectivity index (χ0v) is 13.6. The third-order valence-corrected chi connectivity index (χ3v) is 5.26. The normalized spacial score (nSPS) is 18.6. The van der Waals surface area contributed by atoms with Crippen LogP contribution in [0.5, 0.6) is 0 Å². The Morgan fingerprint density at radius 3 is 2.67 bits per heavy atom. The summed E-state index contributed by atoms with van der Waals surface area (Å²) in [5.74, 6) is 2.26. The first kappa shape index (κ1) is 16.2. The molecule has 2 rings (SSSR count). The molecule has 1 aromatic heterocycles. The van der Waals surface area contributed by atoms with E-state index in [9.17, 15) is 8.42 Å². The molecule has 1 aromatic rings. The molecule has 7 heteroatoms. The SMILES string of the molecule is CCc1cc(NCCCN2CCS(=O)(=O)CC2)nc(C)n1. The Balaban J connectivity index is 1.71. The van der Waals surface area contributed by atoms with Gasteiger partial charge in [0.2, 0.25) is 0 Å². The predicted molar refractivity (Wildman–Crippen MR) is 84.3 cm³/mol. The van der Waals surface area contributed by atoms with Gasteiger partial charge in [-0.1, -0.05) is 6.92 Å². The average molecular weight is 312 g/mol. The summed E-state index contributed by atoms with van der Waals surface area (Å²) in [5, 5.41) is 3.32. The molecule has 0 saturated carbocycles. The molecule has 1 aliphatic rings. The molecule has 21 heavy (non-hydrogen) atoms. The lowest BCUT2D eigenvalue weighted by Gasteiger charge is -2.26. The van der Waals surface area contributed by atoms with E-state index in [1.54, 1.807) is 0 Å². The van der Waals surface area contributed by atoms with E-state index in [0.29, 0.717) is 24.6 Å². The van der Waals surface area contributed by atoms with E-state index in [-0.39, 0.29) is 0 Å². The van der Waals surface area contributed by atoms with Crippen molar-refractivity contribution >= 4 is 15.7 Å². The van der Waals surface area contributed by atoms with E-state index in [0.717, 1.165) is 43.3 Å². The summed E-state index contributed by atoms with van der Waals surface area (Å²) in [5.41, 5.74) is 1.05. The van der Waals surface area contributed by atoms with E-state index >= 15 is 0 Å². The van der Waals surface area contributed by atoms with E-state index in [2.05, 4.69) is 27.1 Å². The molecule has 2 heterocycles. The molecular formula is C14H24N4O2S. The van der Waals surface area contributed by atoms with Gasteiger partial charge in [-0.25, -0.2) is 18.4 Å². The Kier molecular flexibility index (Phi) is 5.52. The van der Waals surface area contributed by atoms with Crippen molar-refractivity contribution in [1.82, 2.24) is 14.9 Å². The van der Waals surface area contributed by atoms with Crippen molar-refractivity contribution in [2.75, 3.05) is 43.0 Å². The quantitative estimate of drug-likeness (QED) is 0.786. The highest BCUT2D eigenvalue weighted by Crippen LogP contribution is 2.08. The van der Waals surface area contributed by atoms with Crippen molar-refractivity contribution in [2.45, 2.75) is 26.7 Å². The maximum absolute atomic E-state index is 11.4. The van der Waals surface area contributed by atoms with Gasteiger partial charge in [0.25, 0.3) is 0 Å². The summed E-state index contributed by atoms with van der Waals surface area (Å²) >= 11 is 0. The van der Waals surface area contributed by atoms with Gasteiger partial charge in [0.1, 0.15) is 11.6 Å². The van der Waals surface area contributed by atoms with E-state index in [1.165, 1.54) is 0 Å². The highest BCUT2D eigenvalue weighted by Gasteiger charge is 2.20. The minimum atomic E-state index is -2.78. The monoisotopic (exact) mass is 312 g/mol. The second-order valence-corrected chi connectivity index (χ2v) is 7.72. The van der Waals surface area contributed by atoms with Gasteiger partial charge in [0.05, 0.1) is 11.5 Å². The van der Waals surface area contributed by atoms with Crippen LogP contribution >= 0.6 is 0 Å². The van der Waals surface area contributed by atoms with Gasteiger partial charge in [-0.2, -0.15) is 0 Å². The molecule has 1 aliphatic heterocycles. The van der Waals surface area contributed by atoms with Crippen LogP contribution in [0, 0.1) is 6.92 Å². The van der Waals surface area contributed by atoms with Gasteiger partial charge in [0, 0.05) is 31.4 Å². The van der Waals surface area contributed by atoms with Gasteiger partial charge in [-0.3, -0.25) is 0 Å². The first-order chi connectivity index (χ1) is 9.98. The van der Waals surface area contributed by atoms with Crippen LogP contribution in [-0.2, 0) is 16.3 Å². The van der Waals surface area contributed by atoms with Crippen molar-refractivity contribution < 1.29 is 8.42 Å². The number of aromatic nitrogens is 2. The Morgan fingerprint density at radius 2 is 2.00 bits per heavy atom. The standard InChI is InChI=1S/C14H24N4O2S/c1-3-13-11-14(17-12(2)16-13)15-5-4-6-18-7-9-21(19,20)10-8-18/h11H,3-10H2,1-2H3,(H,15,16,17). The largest absolute Gasteiger partial charge is 0.370 e. The molecule has 6 nitrogen and oxygen atoms in total. The zero-order valence-electron chi connectivity index (χ0n) is 12.8. The summed E-state index contributed by atoms with van der Waals surface area (Å²) in [6, 6.07) is 1.99. The summed E-state index contributed by atoms with van der Waals surface area (Å²) in [7, 11) is -2.78. The van der Waals surface area contributed by atoms with Crippen LogP contribution in [0.4, 0.5) is 5.82 Å². The van der Waals surface area contributed by atoms with Crippen LogP contribution in [0.3, 0.4) is 0 Å². The molecule has 1 fully saturated rings. The van der Waals surface area contributed by atoms with Crippen LogP contribution in [0.1, 0.15) is 24.9 Å². The molecule has 0 atom stereocenters. The summed E-state index contributed by atoms with van der Waals surface area (Å²) in [6.45, 7) is 7.06. The van der Waals surface area contributed by atoms with Gasteiger partial charge < -0.3 is 10.2 Å². The van der Waals surface area contributed by atoms with E-state index in [1.807, 2.05) is 13.0 Å². The fraction of sp³-hybridized carbons (Fsp3) is 0.714. The Labute approximate surface area is 126 Å². The minimum Gasteiger partial charge on any atom is -0.370 e. The Morgan fingerprint density at radius 1 is 1.29 bits per heavy atom. The van der Waals surface area contributed by atoms with Crippen LogP contribution in [-0.4, -0.2) is 61.0 Å². The fourth-order valence-electron chi connectivity index (χ4n) is 2.39. The van der Waals surface area contributed by atoms with Crippen molar-refractivity contribution in [3.63, 3.8) is 0 Å². The molecule has 0 spiro atoms. The van der Waals surface area contributed by atoms with Gasteiger partial charge in [0.15, 0.2) is 9.84 Å². The Bertz CT molecular complexity index is 560. The average Bonchev–Trinajstić information content (AvgIpc) is 2.44. The highest BCUT2D eigenvalue weighted by atomic mass is 32.2. The number of rotatable bonds is 6. The molecular weight excluding hydrogens is 288 g/mol. The molecule has 0 radical (unpaired) electrons. The number of nitrogens with zero attached hydrogens (tertiary/aromatic N) is 3. The number of hydrogen-bond donors (Lipinski definition) is 1. The van der Waals surface area contributed by atoms with Crippen LogP contribution in [0.25, 0.3) is 0 Å². The second-order valence-electron chi connectivity index (χ2n) is 5.42. The molecule has 118 valence electrons. The van der Waals surface area contributed by atoms with Crippen LogP contribution in [0.15, 0.2) is 6.07 Å².